The molecule has 2 N–H and O–H groups in total. The molecule has 1 saturated heterocycles. The fourth-order valence-electron chi connectivity index (χ4n) is 4.02. The van der Waals surface area contributed by atoms with E-state index < -0.39 is 11.7 Å². The number of H-pyrrole nitrogens is 1. The zero-order valence-corrected chi connectivity index (χ0v) is 18.1. The molecule has 5 rings (SSSR count). The molecule has 4 heterocycles. The molecule has 33 heavy (non-hydrogen) atoms. The van der Waals surface area contributed by atoms with Crippen LogP contribution in [0.25, 0.3) is 22.2 Å². The number of nitrogens with one attached hydrogen (secondary N) is 2. The van der Waals surface area contributed by atoms with Crippen molar-refractivity contribution in [3.63, 3.8) is 0 Å². The van der Waals surface area contributed by atoms with Gasteiger partial charge in [-0.15, -0.1) is 0 Å². The second-order valence-corrected chi connectivity index (χ2v) is 8.39. The molecule has 0 aliphatic carbocycles. The smallest absolute Gasteiger partial charge is 0.345 e. The number of aromatic amines is 1. The Kier molecular flexibility index (Phi) is 5.60. The molecule has 0 atom stereocenters. The molecule has 0 saturated carbocycles. The highest BCUT2D eigenvalue weighted by Crippen LogP contribution is 2.33. The average molecular weight is 470 g/mol. The molecule has 1 aliphatic rings. The zero-order chi connectivity index (χ0) is 23.0. The van der Waals surface area contributed by atoms with Crippen molar-refractivity contribution in [2.75, 3.05) is 13.1 Å². The maximum Gasteiger partial charge on any atom is 0.417 e. The number of aromatic nitrogens is 4. The summed E-state index contributed by atoms with van der Waals surface area (Å²) < 4.78 is 42.0. The number of nitrogens with zero attached hydrogens (tertiary/aromatic N) is 3. The molecule has 0 radical (unpaired) electrons. The highest BCUT2D eigenvalue weighted by Gasteiger charge is 2.33. The quantitative estimate of drug-likeness (QED) is 0.385. The molecule has 1 aliphatic heterocycles. The number of halogens is 4. The summed E-state index contributed by atoms with van der Waals surface area (Å²) in [6.45, 7) is 1.95. The maximum atomic E-state index is 13.3. The first kappa shape index (κ1) is 21.6. The van der Waals surface area contributed by atoms with Crippen molar-refractivity contribution in [2.24, 2.45) is 0 Å². The molecule has 0 amide bonds. The van der Waals surface area contributed by atoms with E-state index in [2.05, 4.69) is 32.2 Å². The molecule has 0 spiro atoms. The van der Waals surface area contributed by atoms with Crippen LogP contribution in [0.2, 0.25) is 5.02 Å². The molecule has 5 nitrogen and oxygen atoms in total. The number of rotatable bonds is 2. The van der Waals surface area contributed by atoms with E-state index >= 15 is 0 Å². The molecular weight excluding hydrogens is 451 g/mol. The Morgan fingerprint density at radius 2 is 1.82 bits per heavy atom. The SMILES string of the molecule is FC(F)(F)c1ccc(Cl)cc1C#Cc1c[nH]c2ncc(-c3cnn(C4CCNCC4)c3)cc12. The summed E-state index contributed by atoms with van der Waals surface area (Å²) in [6, 6.07) is 5.68. The fourth-order valence-corrected chi connectivity index (χ4v) is 4.20. The van der Waals surface area contributed by atoms with Gasteiger partial charge in [0, 0.05) is 45.7 Å². The van der Waals surface area contributed by atoms with Crippen LogP contribution in [0.1, 0.15) is 35.6 Å². The van der Waals surface area contributed by atoms with Gasteiger partial charge in [0.1, 0.15) is 5.65 Å². The highest BCUT2D eigenvalue weighted by atomic mass is 35.5. The number of benzene rings is 1. The van der Waals surface area contributed by atoms with Gasteiger partial charge in [0.15, 0.2) is 0 Å². The van der Waals surface area contributed by atoms with E-state index in [1.54, 1.807) is 12.4 Å². The normalized spacial score (nSPS) is 14.9. The van der Waals surface area contributed by atoms with Crippen LogP contribution < -0.4 is 5.32 Å². The molecule has 1 aromatic carbocycles. The minimum absolute atomic E-state index is 0.170. The number of alkyl halides is 3. The van der Waals surface area contributed by atoms with Crippen LogP contribution in [0.4, 0.5) is 13.2 Å². The van der Waals surface area contributed by atoms with Crippen molar-refractivity contribution >= 4 is 22.6 Å². The van der Waals surface area contributed by atoms with Crippen LogP contribution >= 0.6 is 11.6 Å². The lowest BCUT2D eigenvalue weighted by molar-refractivity contribution is -0.137. The average Bonchev–Trinajstić information content (AvgIpc) is 3.45. The maximum absolute atomic E-state index is 13.3. The summed E-state index contributed by atoms with van der Waals surface area (Å²) in [5.41, 5.74) is 1.97. The lowest BCUT2D eigenvalue weighted by Gasteiger charge is -2.22. The first-order valence-electron chi connectivity index (χ1n) is 10.5. The van der Waals surface area contributed by atoms with Gasteiger partial charge in [-0.05, 0) is 50.2 Å². The van der Waals surface area contributed by atoms with E-state index in [-0.39, 0.29) is 10.6 Å². The predicted molar refractivity (Wildman–Crippen MR) is 121 cm³/mol. The van der Waals surface area contributed by atoms with Crippen molar-refractivity contribution in [3.05, 3.63) is 70.8 Å². The number of piperidine rings is 1. The van der Waals surface area contributed by atoms with Crippen molar-refractivity contribution in [1.82, 2.24) is 25.1 Å². The van der Waals surface area contributed by atoms with Crippen molar-refractivity contribution in [3.8, 4) is 23.0 Å². The Morgan fingerprint density at radius 1 is 1.03 bits per heavy atom. The topological polar surface area (TPSA) is 58.5 Å². The van der Waals surface area contributed by atoms with Crippen molar-refractivity contribution < 1.29 is 13.2 Å². The third-order valence-electron chi connectivity index (χ3n) is 5.77. The minimum atomic E-state index is -4.52. The van der Waals surface area contributed by atoms with E-state index in [1.165, 1.54) is 12.1 Å². The van der Waals surface area contributed by atoms with Gasteiger partial charge in [-0.25, -0.2) is 4.98 Å². The van der Waals surface area contributed by atoms with Gasteiger partial charge in [0.05, 0.1) is 23.4 Å². The number of pyridine rings is 1. The second kappa shape index (κ2) is 8.58. The van der Waals surface area contributed by atoms with Crippen molar-refractivity contribution in [2.45, 2.75) is 25.1 Å². The summed E-state index contributed by atoms with van der Waals surface area (Å²) in [7, 11) is 0. The van der Waals surface area contributed by atoms with Gasteiger partial charge in [0.25, 0.3) is 0 Å². The molecule has 9 heteroatoms. The molecule has 3 aromatic heterocycles. The molecule has 0 bridgehead atoms. The van der Waals surface area contributed by atoms with Crippen LogP contribution in [0.15, 0.2) is 49.1 Å². The number of hydrogen-bond donors (Lipinski definition) is 2. The summed E-state index contributed by atoms with van der Waals surface area (Å²) >= 11 is 5.91. The number of fused-ring (bicyclic) bond motifs is 1. The Labute approximate surface area is 193 Å². The van der Waals surface area contributed by atoms with E-state index in [0.717, 1.165) is 48.5 Å². The van der Waals surface area contributed by atoms with E-state index in [0.29, 0.717) is 17.3 Å². The second-order valence-electron chi connectivity index (χ2n) is 7.95. The summed E-state index contributed by atoms with van der Waals surface area (Å²) in [4.78, 5) is 7.48. The molecule has 168 valence electrons. The van der Waals surface area contributed by atoms with Gasteiger partial charge in [0.2, 0.25) is 0 Å². The van der Waals surface area contributed by atoms with Crippen LogP contribution in [0, 0.1) is 11.8 Å². The van der Waals surface area contributed by atoms with Crippen LogP contribution in [0.3, 0.4) is 0 Å². The van der Waals surface area contributed by atoms with E-state index in [4.69, 9.17) is 11.6 Å². The standard InChI is InChI=1S/C24H19ClF3N5/c25-19-3-4-22(24(26,27)28)15(9-19)1-2-16-11-30-23-21(16)10-17(12-31-23)18-13-32-33(14-18)20-5-7-29-8-6-20/h3-4,9-14,20,29H,5-8H2,(H,30,31). The minimum Gasteiger partial charge on any atom is -0.345 e. The van der Waals surface area contributed by atoms with Crippen LogP contribution in [-0.4, -0.2) is 32.8 Å². The van der Waals surface area contributed by atoms with Gasteiger partial charge < -0.3 is 10.3 Å². The van der Waals surface area contributed by atoms with E-state index in [1.807, 2.05) is 23.1 Å². The third kappa shape index (κ3) is 4.47. The Balaban J connectivity index is 1.49. The number of hydrogen-bond acceptors (Lipinski definition) is 3. The van der Waals surface area contributed by atoms with Gasteiger partial charge in [-0.3, -0.25) is 4.68 Å². The predicted octanol–water partition coefficient (Wildman–Crippen LogP) is 5.42. The van der Waals surface area contributed by atoms with Gasteiger partial charge in [-0.1, -0.05) is 23.4 Å². The summed E-state index contributed by atoms with van der Waals surface area (Å²) in [5.74, 6) is 5.49. The lowest BCUT2D eigenvalue weighted by atomic mass is 10.1. The van der Waals surface area contributed by atoms with Crippen LogP contribution in [0.5, 0.6) is 0 Å². The van der Waals surface area contributed by atoms with Gasteiger partial charge in [-0.2, -0.15) is 18.3 Å². The third-order valence-corrected chi connectivity index (χ3v) is 6.00. The largest absolute Gasteiger partial charge is 0.417 e. The van der Waals surface area contributed by atoms with Gasteiger partial charge >= 0.3 is 6.18 Å². The highest BCUT2D eigenvalue weighted by molar-refractivity contribution is 6.30. The summed E-state index contributed by atoms with van der Waals surface area (Å²) in [6.07, 6.45) is 4.75. The first-order valence-corrected chi connectivity index (χ1v) is 10.9. The molecule has 1 fully saturated rings. The lowest BCUT2D eigenvalue weighted by Crippen LogP contribution is -2.29. The van der Waals surface area contributed by atoms with E-state index in [9.17, 15) is 13.2 Å². The summed E-state index contributed by atoms with van der Waals surface area (Å²) in [5, 5.41) is 8.80. The Hall–Kier alpha value is -3.28. The zero-order valence-electron chi connectivity index (χ0n) is 17.4. The Bertz CT molecular complexity index is 1370. The van der Waals surface area contributed by atoms with Crippen molar-refractivity contribution in [1.29, 1.82) is 0 Å². The Morgan fingerprint density at radius 3 is 2.61 bits per heavy atom. The first-order chi connectivity index (χ1) is 15.9. The fraction of sp³-hybridized carbons (Fsp3) is 0.250. The monoisotopic (exact) mass is 469 g/mol. The molecular formula is C24H19ClF3N5. The van der Waals surface area contributed by atoms with Crippen LogP contribution in [-0.2, 0) is 6.18 Å². The molecule has 4 aromatic rings. The molecule has 0 unspecified atom stereocenters.